The lowest BCUT2D eigenvalue weighted by molar-refractivity contribution is 0.339. The molecular formula is C23H24N2OS. The van der Waals surface area contributed by atoms with E-state index in [0.29, 0.717) is 17.9 Å². The van der Waals surface area contributed by atoms with Crippen molar-refractivity contribution in [1.29, 1.82) is 5.26 Å². The van der Waals surface area contributed by atoms with Gasteiger partial charge in [0.15, 0.2) is 0 Å². The van der Waals surface area contributed by atoms with Gasteiger partial charge in [-0.25, -0.2) is 4.98 Å². The molecule has 0 aliphatic heterocycles. The standard InChI is InChI=1S/C21H18N2OS.C2H6/c1-2-24-19-10-9-15(11-16(19)12-22)21-23-13-20(25-21)18-8-4-6-14-5-3-7-17(14)18;1-2/h4,6,8-11,13H,2-3,5,7H2,1H3;1-2H3. The van der Waals surface area contributed by atoms with Gasteiger partial charge in [0.25, 0.3) is 0 Å². The molecule has 3 nitrogen and oxygen atoms in total. The number of hydrogen-bond donors (Lipinski definition) is 0. The van der Waals surface area contributed by atoms with Gasteiger partial charge in [-0.15, -0.1) is 11.3 Å². The van der Waals surface area contributed by atoms with Gasteiger partial charge in [-0.05, 0) is 61.1 Å². The molecule has 27 heavy (non-hydrogen) atoms. The quantitative estimate of drug-likeness (QED) is 0.539. The van der Waals surface area contributed by atoms with E-state index < -0.39 is 0 Å². The summed E-state index contributed by atoms with van der Waals surface area (Å²) in [5.41, 5.74) is 5.77. The second-order valence-electron chi connectivity index (χ2n) is 6.08. The van der Waals surface area contributed by atoms with Crippen LogP contribution < -0.4 is 4.74 Å². The average Bonchev–Trinajstić information content (AvgIpc) is 3.39. The number of rotatable bonds is 4. The van der Waals surface area contributed by atoms with Crippen LogP contribution in [0.2, 0.25) is 0 Å². The van der Waals surface area contributed by atoms with Gasteiger partial charge in [0.05, 0.1) is 17.0 Å². The highest BCUT2D eigenvalue weighted by atomic mass is 32.1. The first kappa shape index (κ1) is 19.1. The summed E-state index contributed by atoms with van der Waals surface area (Å²) in [6, 6.07) is 14.5. The van der Waals surface area contributed by atoms with Gasteiger partial charge in [-0.1, -0.05) is 32.0 Å². The maximum Gasteiger partial charge on any atom is 0.137 e. The van der Waals surface area contributed by atoms with Crippen LogP contribution in [0.1, 0.15) is 43.9 Å². The molecule has 4 rings (SSSR count). The van der Waals surface area contributed by atoms with Crippen molar-refractivity contribution in [2.45, 2.75) is 40.0 Å². The summed E-state index contributed by atoms with van der Waals surface area (Å²) in [5, 5.41) is 10.3. The minimum Gasteiger partial charge on any atom is -0.492 e. The maximum absolute atomic E-state index is 9.36. The van der Waals surface area contributed by atoms with E-state index in [1.54, 1.807) is 11.3 Å². The minimum atomic E-state index is 0.550. The van der Waals surface area contributed by atoms with Gasteiger partial charge < -0.3 is 4.74 Å². The fraction of sp³-hybridized carbons (Fsp3) is 0.304. The van der Waals surface area contributed by atoms with Crippen LogP contribution in [0, 0.1) is 11.3 Å². The molecule has 0 radical (unpaired) electrons. The highest BCUT2D eigenvalue weighted by Crippen LogP contribution is 2.38. The Morgan fingerprint density at radius 2 is 2.04 bits per heavy atom. The smallest absolute Gasteiger partial charge is 0.137 e. The predicted octanol–water partition coefficient (Wildman–Crippen LogP) is 6.26. The molecule has 0 saturated heterocycles. The van der Waals surface area contributed by atoms with Crippen molar-refractivity contribution in [3.63, 3.8) is 0 Å². The minimum absolute atomic E-state index is 0.550. The van der Waals surface area contributed by atoms with E-state index in [4.69, 9.17) is 4.74 Å². The Bertz CT molecular complexity index is 969. The summed E-state index contributed by atoms with van der Waals surface area (Å²) in [7, 11) is 0. The number of thiazole rings is 1. The highest BCUT2D eigenvalue weighted by Gasteiger charge is 2.17. The van der Waals surface area contributed by atoms with E-state index in [1.165, 1.54) is 34.4 Å². The Balaban J connectivity index is 0.00000102. The van der Waals surface area contributed by atoms with E-state index in [9.17, 15) is 5.26 Å². The number of aromatic nitrogens is 1. The summed E-state index contributed by atoms with van der Waals surface area (Å²) in [6.45, 7) is 6.47. The van der Waals surface area contributed by atoms with E-state index in [0.717, 1.165) is 17.0 Å². The summed E-state index contributed by atoms with van der Waals surface area (Å²) in [5.74, 6) is 0.631. The van der Waals surface area contributed by atoms with Crippen LogP contribution in [-0.4, -0.2) is 11.6 Å². The summed E-state index contributed by atoms with van der Waals surface area (Å²) in [4.78, 5) is 5.80. The van der Waals surface area contributed by atoms with Crippen LogP contribution in [0.3, 0.4) is 0 Å². The molecular weight excluding hydrogens is 352 g/mol. The molecule has 0 fully saturated rings. The molecule has 3 aromatic rings. The zero-order valence-electron chi connectivity index (χ0n) is 16.1. The van der Waals surface area contributed by atoms with Crippen LogP contribution in [0.5, 0.6) is 5.75 Å². The summed E-state index contributed by atoms with van der Waals surface area (Å²) < 4.78 is 5.50. The average molecular weight is 377 g/mol. The Labute approximate surface area is 165 Å². The molecule has 0 N–H and O–H groups in total. The SMILES string of the molecule is CC.CCOc1ccc(-c2ncc(-c3cccc4c3CCC4)s2)cc1C#N. The number of nitriles is 1. The van der Waals surface area contributed by atoms with Crippen molar-refractivity contribution in [3.8, 4) is 32.8 Å². The van der Waals surface area contributed by atoms with E-state index in [-0.39, 0.29) is 0 Å². The zero-order chi connectivity index (χ0) is 19.2. The van der Waals surface area contributed by atoms with Gasteiger partial charge in [0.1, 0.15) is 16.8 Å². The van der Waals surface area contributed by atoms with Gasteiger partial charge in [0, 0.05) is 11.8 Å². The molecule has 1 aliphatic rings. The molecule has 2 aromatic carbocycles. The van der Waals surface area contributed by atoms with Crippen molar-refractivity contribution in [2.75, 3.05) is 6.61 Å². The van der Waals surface area contributed by atoms with Crippen LogP contribution in [-0.2, 0) is 12.8 Å². The van der Waals surface area contributed by atoms with Gasteiger partial charge in [-0.2, -0.15) is 5.26 Å². The van der Waals surface area contributed by atoms with Crippen molar-refractivity contribution in [2.24, 2.45) is 0 Å². The first-order valence-electron chi connectivity index (χ1n) is 9.54. The Morgan fingerprint density at radius 1 is 1.19 bits per heavy atom. The monoisotopic (exact) mass is 376 g/mol. The fourth-order valence-corrected chi connectivity index (χ4v) is 4.38. The highest BCUT2D eigenvalue weighted by molar-refractivity contribution is 7.18. The number of hydrogen-bond acceptors (Lipinski definition) is 4. The topological polar surface area (TPSA) is 45.9 Å². The molecule has 1 aliphatic carbocycles. The predicted molar refractivity (Wildman–Crippen MR) is 112 cm³/mol. The molecule has 0 spiro atoms. The second-order valence-corrected chi connectivity index (χ2v) is 7.11. The van der Waals surface area contributed by atoms with E-state index >= 15 is 0 Å². The van der Waals surface area contributed by atoms with Crippen LogP contribution in [0.25, 0.3) is 21.0 Å². The van der Waals surface area contributed by atoms with E-state index in [2.05, 4.69) is 29.3 Å². The lowest BCUT2D eigenvalue weighted by Gasteiger charge is -2.06. The third-order valence-corrected chi connectivity index (χ3v) is 5.64. The molecule has 0 bridgehead atoms. The zero-order valence-corrected chi connectivity index (χ0v) is 16.9. The number of nitrogens with zero attached hydrogens (tertiary/aromatic N) is 2. The van der Waals surface area contributed by atoms with Crippen LogP contribution in [0.4, 0.5) is 0 Å². The first-order valence-corrected chi connectivity index (χ1v) is 10.4. The van der Waals surface area contributed by atoms with Crippen LogP contribution >= 0.6 is 11.3 Å². The molecule has 0 saturated carbocycles. The second kappa shape index (κ2) is 8.83. The fourth-order valence-electron chi connectivity index (χ4n) is 3.41. The molecule has 0 amide bonds. The lowest BCUT2D eigenvalue weighted by Crippen LogP contribution is -1.94. The third kappa shape index (κ3) is 3.89. The molecule has 1 aromatic heterocycles. The van der Waals surface area contributed by atoms with Gasteiger partial charge >= 0.3 is 0 Å². The molecule has 4 heteroatoms. The molecule has 138 valence electrons. The van der Waals surface area contributed by atoms with Crippen molar-refractivity contribution >= 4 is 11.3 Å². The van der Waals surface area contributed by atoms with Gasteiger partial charge in [0.2, 0.25) is 0 Å². The van der Waals surface area contributed by atoms with Crippen molar-refractivity contribution in [1.82, 2.24) is 4.98 Å². The molecule has 1 heterocycles. The van der Waals surface area contributed by atoms with Gasteiger partial charge in [-0.3, -0.25) is 0 Å². The lowest BCUT2D eigenvalue weighted by atomic mass is 10.0. The maximum atomic E-state index is 9.36. The summed E-state index contributed by atoms with van der Waals surface area (Å²) in [6.07, 6.45) is 5.53. The first-order chi connectivity index (χ1) is 13.3. The third-order valence-electron chi connectivity index (χ3n) is 4.56. The summed E-state index contributed by atoms with van der Waals surface area (Å²) >= 11 is 1.68. The van der Waals surface area contributed by atoms with Crippen molar-refractivity contribution < 1.29 is 4.74 Å². The number of benzene rings is 2. The number of aryl methyl sites for hydroxylation is 1. The molecule has 0 unspecified atom stereocenters. The Kier molecular flexibility index (Phi) is 6.26. The van der Waals surface area contributed by atoms with Crippen molar-refractivity contribution in [3.05, 3.63) is 59.3 Å². The Hall–Kier alpha value is -2.64. The number of fused-ring (bicyclic) bond motifs is 1. The number of ether oxygens (including phenoxy) is 1. The molecule has 0 atom stereocenters. The van der Waals surface area contributed by atoms with Crippen LogP contribution in [0.15, 0.2) is 42.6 Å². The largest absolute Gasteiger partial charge is 0.492 e. The Morgan fingerprint density at radius 3 is 2.81 bits per heavy atom. The normalized spacial score (nSPS) is 11.9. The van der Waals surface area contributed by atoms with E-state index in [1.807, 2.05) is 45.2 Å².